The van der Waals surface area contributed by atoms with Crippen molar-refractivity contribution in [3.8, 4) is 17.0 Å². The van der Waals surface area contributed by atoms with Crippen molar-refractivity contribution in [3.63, 3.8) is 0 Å². The Bertz CT molecular complexity index is 600. The number of rotatable bonds is 3. The number of nitrogen functional groups attached to an aromatic ring is 1. The molecule has 1 heterocycles. The number of hydrogen-bond donors (Lipinski definition) is 1. The van der Waals surface area contributed by atoms with Gasteiger partial charge in [-0.2, -0.15) is 5.10 Å². The molecule has 0 aliphatic heterocycles. The molecule has 0 radical (unpaired) electrons. The number of benzene rings is 1. The van der Waals surface area contributed by atoms with Gasteiger partial charge in [-0.15, -0.1) is 0 Å². The highest BCUT2D eigenvalue weighted by molar-refractivity contribution is 5.74. The van der Waals surface area contributed by atoms with Crippen molar-refractivity contribution in [2.75, 3.05) is 12.8 Å². The highest BCUT2D eigenvalue weighted by Gasteiger charge is 2.17. The lowest BCUT2D eigenvalue weighted by molar-refractivity contribution is 0.416. The van der Waals surface area contributed by atoms with Crippen LogP contribution in [0.4, 0.5) is 5.82 Å². The lowest BCUT2D eigenvalue weighted by Gasteiger charge is -2.13. The van der Waals surface area contributed by atoms with E-state index >= 15 is 0 Å². The van der Waals surface area contributed by atoms with Gasteiger partial charge in [0.2, 0.25) is 0 Å². The largest absolute Gasteiger partial charge is 0.496 e. The first-order valence-corrected chi connectivity index (χ1v) is 6.43. The third-order valence-corrected chi connectivity index (χ3v) is 3.47. The molecule has 0 fully saturated rings. The van der Waals surface area contributed by atoms with Gasteiger partial charge in [-0.05, 0) is 30.5 Å². The molecule has 1 aromatic carbocycles. The lowest BCUT2D eigenvalue weighted by Crippen LogP contribution is -1.99. The molecule has 4 heteroatoms. The van der Waals surface area contributed by atoms with Crippen molar-refractivity contribution in [3.05, 3.63) is 29.3 Å². The van der Waals surface area contributed by atoms with Crippen molar-refractivity contribution in [1.82, 2.24) is 9.78 Å². The second-order valence-electron chi connectivity index (χ2n) is 5.10. The minimum Gasteiger partial charge on any atom is -0.496 e. The van der Waals surface area contributed by atoms with Gasteiger partial charge in [0.05, 0.1) is 12.8 Å². The molecule has 1 aromatic heterocycles. The van der Waals surface area contributed by atoms with E-state index in [1.807, 2.05) is 24.7 Å². The maximum absolute atomic E-state index is 5.90. The molecular weight excluding hydrogens is 238 g/mol. The summed E-state index contributed by atoms with van der Waals surface area (Å²) in [4.78, 5) is 0. The second-order valence-corrected chi connectivity index (χ2v) is 5.10. The molecule has 0 atom stereocenters. The maximum atomic E-state index is 5.90. The molecule has 0 spiro atoms. The fourth-order valence-corrected chi connectivity index (χ4v) is 2.30. The van der Waals surface area contributed by atoms with E-state index < -0.39 is 0 Å². The van der Waals surface area contributed by atoms with Gasteiger partial charge < -0.3 is 10.5 Å². The van der Waals surface area contributed by atoms with E-state index in [0.29, 0.717) is 11.7 Å². The van der Waals surface area contributed by atoms with Crippen LogP contribution in [0.25, 0.3) is 11.3 Å². The molecule has 0 aliphatic carbocycles. The van der Waals surface area contributed by atoms with Gasteiger partial charge in [-0.1, -0.05) is 19.9 Å². The summed E-state index contributed by atoms with van der Waals surface area (Å²) >= 11 is 0. The van der Waals surface area contributed by atoms with Gasteiger partial charge in [0.25, 0.3) is 0 Å². The number of aromatic nitrogens is 2. The number of nitrogens with zero attached hydrogens (tertiary/aromatic N) is 2. The first-order chi connectivity index (χ1) is 8.95. The Morgan fingerprint density at radius 3 is 2.47 bits per heavy atom. The molecular formula is C15H21N3O. The summed E-state index contributed by atoms with van der Waals surface area (Å²) in [6, 6.07) is 6.27. The van der Waals surface area contributed by atoms with E-state index in [-0.39, 0.29) is 0 Å². The zero-order valence-electron chi connectivity index (χ0n) is 12.2. The second kappa shape index (κ2) is 4.96. The Labute approximate surface area is 114 Å². The van der Waals surface area contributed by atoms with Crippen LogP contribution >= 0.6 is 0 Å². The molecule has 2 rings (SSSR count). The number of aryl methyl sites for hydroxylation is 1. The number of anilines is 1. The van der Waals surface area contributed by atoms with E-state index in [1.165, 1.54) is 5.56 Å². The predicted octanol–water partition coefficient (Wildman–Crippen LogP) is 3.11. The first-order valence-electron chi connectivity index (χ1n) is 6.43. The highest BCUT2D eigenvalue weighted by atomic mass is 16.5. The fourth-order valence-electron chi connectivity index (χ4n) is 2.30. The van der Waals surface area contributed by atoms with Crippen LogP contribution in [0.2, 0.25) is 0 Å². The molecule has 0 amide bonds. The van der Waals surface area contributed by atoms with Gasteiger partial charge in [-0.25, -0.2) is 0 Å². The van der Waals surface area contributed by atoms with Crippen LogP contribution in [-0.4, -0.2) is 16.9 Å². The van der Waals surface area contributed by atoms with E-state index in [0.717, 1.165) is 22.6 Å². The van der Waals surface area contributed by atoms with Crippen LogP contribution in [0.5, 0.6) is 5.75 Å². The molecule has 2 aromatic rings. The van der Waals surface area contributed by atoms with Crippen LogP contribution in [-0.2, 0) is 7.05 Å². The van der Waals surface area contributed by atoms with E-state index in [1.54, 1.807) is 7.11 Å². The molecule has 0 saturated heterocycles. The summed E-state index contributed by atoms with van der Waals surface area (Å²) in [5.74, 6) is 1.88. The Balaban J connectivity index is 2.68. The van der Waals surface area contributed by atoms with Gasteiger partial charge in [0, 0.05) is 18.2 Å². The van der Waals surface area contributed by atoms with Crippen molar-refractivity contribution >= 4 is 5.82 Å². The molecule has 0 bridgehead atoms. The molecule has 102 valence electrons. The molecule has 19 heavy (non-hydrogen) atoms. The SMILES string of the molecule is COc1ccc(C(C)C)cc1-c1c(C)c(N)nn1C. The Kier molecular flexibility index (Phi) is 3.51. The fraction of sp³-hybridized carbons (Fsp3) is 0.400. The Morgan fingerprint density at radius 1 is 1.32 bits per heavy atom. The average molecular weight is 259 g/mol. The quantitative estimate of drug-likeness (QED) is 0.921. The van der Waals surface area contributed by atoms with Crippen LogP contribution in [0.1, 0.15) is 30.9 Å². The van der Waals surface area contributed by atoms with Crippen molar-refractivity contribution in [2.24, 2.45) is 7.05 Å². The normalized spacial score (nSPS) is 11.1. The summed E-state index contributed by atoms with van der Waals surface area (Å²) in [5, 5.41) is 4.28. The number of methoxy groups -OCH3 is 1. The Hall–Kier alpha value is -1.97. The summed E-state index contributed by atoms with van der Waals surface area (Å²) in [5.41, 5.74) is 10.2. The third kappa shape index (κ3) is 2.30. The first kappa shape index (κ1) is 13.5. The molecule has 4 nitrogen and oxygen atoms in total. The number of ether oxygens (including phenoxy) is 1. The highest BCUT2D eigenvalue weighted by Crippen LogP contribution is 2.35. The summed E-state index contributed by atoms with van der Waals surface area (Å²) in [7, 11) is 3.59. The standard InChI is InChI=1S/C15H21N3O/c1-9(2)11-6-7-13(19-5)12(8-11)14-10(3)15(16)17-18(14)4/h6-9H,1-5H3,(H2,16,17). The lowest BCUT2D eigenvalue weighted by atomic mass is 9.97. The van der Waals surface area contributed by atoms with Crippen molar-refractivity contribution in [2.45, 2.75) is 26.7 Å². The van der Waals surface area contributed by atoms with Crippen molar-refractivity contribution < 1.29 is 4.74 Å². The summed E-state index contributed by atoms with van der Waals surface area (Å²) in [6.07, 6.45) is 0. The number of nitrogens with two attached hydrogens (primary N) is 1. The summed E-state index contributed by atoms with van der Waals surface area (Å²) < 4.78 is 7.28. The monoisotopic (exact) mass is 259 g/mol. The van der Waals surface area contributed by atoms with Gasteiger partial charge in [0.15, 0.2) is 0 Å². The van der Waals surface area contributed by atoms with Crippen LogP contribution in [0, 0.1) is 6.92 Å². The van der Waals surface area contributed by atoms with Crippen LogP contribution in [0.15, 0.2) is 18.2 Å². The molecule has 0 unspecified atom stereocenters. The topological polar surface area (TPSA) is 53.1 Å². The minimum atomic E-state index is 0.468. The predicted molar refractivity (Wildman–Crippen MR) is 78.4 cm³/mol. The van der Waals surface area contributed by atoms with Gasteiger partial charge >= 0.3 is 0 Å². The zero-order chi connectivity index (χ0) is 14.2. The minimum absolute atomic E-state index is 0.468. The molecule has 2 N–H and O–H groups in total. The van der Waals surface area contributed by atoms with E-state index in [4.69, 9.17) is 10.5 Å². The third-order valence-electron chi connectivity index (χ3n) is 3.47. The van der Waals surface area contributed by atoms with E-state index in [9.17, 15) is 0 Å². The number of hydrogen-bond acceptors (Lipinski definition) is 3. The van der Waals surface area contributed by atoms with Crippen LogP contribution < -0.4 is 10.5 Å². The smallest absolute Gasteiger partial charge is 0.149 e. The van der Waals surface area contributed by atoms with Gasteiger partial charge in [0.1, 0.15) is 11.6 Å². The molecule has 0 aliphatic rings. The Morgan fingerprint density at radius 2 is 2.00 bits per heavy atom. The molecule has 0 saturated carbocycles. The van der Waals surface area contributed by atoms with Crippen LogP contribution in [0.3, 0.4) is 0 Å². The van der Waals surface area contributed by atoms with Crippen molar-refractivity contribution in [1.29, 1.82) is 0 Å². The van der Waals surface area contributed by atoms with Gasteiger partial charge in [-0.3, -0.25) is 4.68 Å². The maximum Gasteiger partial charge on any atom is 0.149 e. The zero-order valence-corrected chi connectivity index (χ0v) is 12.2. The average Bonchev–Trinajstić information content (AvgIpc) is 2.62. The summed E-state index contributed by atoms with van der Waals surface area (Å²) in [6.45, 7) is 6.34. The van der Waals surface area contributed by atoms with E-state index in [2.05, 4.69) is 31.1 Å².